The first-order valence-electron chi connectivity index (χ1n) is 11.3. The molecule has 3 heterocycles. The fraction of sp³-hybridized carbons (Fsp3) is 0.231. The maximum absolute atomic E-state index is 14.2. The molecule has 5 rings (SSSR count). The first-order valence-corrected chi connectivity index (χ1v) is 12.0. The van der Waals surface area contributed by atoms with E-state index in [1.165, 1.54) is 29.2 Å². The van der Waals surface area contributed by atoms with Gasteiger partial charge in [-0.15, -0.1) is 0 Å². The Morgan fingerprint density at radius 3 is 2.41 bits per heavy atom. The summed E-state index contributed by atoms with van der Waals surface area (Å²) in [5, 5.41) is 19.0. The maximum atomic E-state index is 14.2. The third kappa shape index (κ3) is 4.13. The molecule has 0 saturated carbocycles. The van der Waals surface area contributed by atoms with Gasteiger partial charge in [-0.25, -0.2) is 14.5 Å². The van der Waals surface area contributed by atoms with E-state index in [1.807, 2.05) is 4.90 Å². The molecule has 11 heteroatoms. The zero-order chi connectivity index (χ0) is 26.5. The number of aromatic carboxylic acids is 1. The number of likely N-dealkylation sites (tertiary alicyclic amines) is 1. The number of anilines is 1. The second-order valence-corrected chi connectivity index (χ2v) is 9.93. The number of nitrogens with zero attached hydrogens (tertiary/aromatic N) is 4. The number of carbonyl (C=O) groups excluding carboxylic acids is 2. The van der Waals surface area contributed by atoms with Gasteiger partial charge in [0.15, 0.2) is 0 Å². The lowest BCUT2D eigenvalue weighted by molar-refractivity contribution is -0.124. The molecule has 2 aliphatic rings. The fourth-order valence-electron chi connectivity index (χ4n) is 5.21. The highest BCUT2D eigenvalue weighted by Crippen LogP contribution is 2.47. The number of rotatable bonds is 5. The number of carboxylic acid groups (broad SMARTS) is 1. The van der Waals surface area contributed by atoms with E-state index in [4.69, 9.17) is 27.6 Å². The Morgan fingerprint density at radius 1 is 1.14 bits per heavy atom. The van der Waals surface area contributed by atoms with Gasteiger partial charge in [0.2, 0.25) is 5.76 Å². The van der Waals surface area contributed by atoms with Crippen LogP contribution in [-0.4, -0.2) is 58.5 Å². The number of benzene rings is 2. The number of hydrogen-bond donors (Lipinski definition) is 1. The van der Waals surface area contributed by atoms with Crippen molar-refractivity contribution >= 4 is 46.8 Å². The Balaban J connectivity index is 1.56. The zero-order valence-electron chi connectivity index (χ0n) is 19.5. The number of urea groups is 1. The Kier molecular flexibility index (Phi) is 6.20. The van der Waals surface area contributed by atoms with Crippen molar-refractivity contribution in [1.29, 1.82) is 5.26 Å². The van der Waals surface area contributed by atoms with Gasteiger partial charge in [-0.3, -0.25) is 9.69 Å². The Bertz CT molecular complexity index is 1440. The Labute approximate surface area is 222 Å². The standard InChI is InChI=1S/C26H20Cl2N4O5/c1-30-25(36)32(19-9-17(27)8-18(28)10-19)24(35)26(30)14-31(12-20-6-7-22(37-20)23(33)34)13-21(26)16-4-2-15(11-29)3-5-16/h2-10,21H,12-14H2,1H3,(H,33,34)/t21-,26-/m1/s1. The van der Waals surface area contributed by atoms with Gasteiger partial charge in [0.05, 0.1) is 23.9 Å². The lowest BCUT2D eigenvalue weighted by Gasteiger charge is -2.34. The molecule has 37 heavy (non-hydrogen) atoms. The summed E-state index contributed by atoms with van der Waals surface area (Å²) < 4.78 is 5.44. The molecule has 1 spiro atoms. The van der Waals surface area contributed by atoms with Crippen molar-refractivity contribution in [2.75, 3.05) is 25.0 Å². The highest BCUT2D eigenvalue weighted by Gasteiger charge is 2.64. The number of imide groups is 1. The number of carbonyl (C=O) groups is 3. The highest BCUT2D eigenvalue weighted by atomic mass is 35.5. The average Bonchev–Trinajstić information content (AvgIpc) is 3.53. The van der Waals surface area contributed by atoms with Crippen LogP contribution in [0.15, 0.2) is 59.0 Å². The lowest BCUT2D eigenvalue weighted by atomic mass is 9.80. The van der Waals surface area contributed by atoms with E-state index in [0.717, 1.165) is 10.5 Å². The summed E-state index contributed by atoms with van der Waals surface area (Å²) in [5.74, 6) is -1.81. The van der Waals surface area contributed by atoms with E-state index in [-0.39, 0.29) is 34.6 Å². The molecular formula is C26H20Cl2N4O5. The second kappa shape index (κ2) is 9.23. The van der Waals surface area contributed by atoms with Gasteiger partial charge in [0.1, 0.15) is 11.3 Å². The van der Waals surface area contributed by atoms with Crippen LogP contribution in [-0.2, 0) is 11.3 Å². The first-order chi connectivity index (χ1) is 17.6. The van der Waals surface area contributed by atoms with E-state index in [0.29, 0.717) is 17.9 Å². The van der Waals surface area contributed by atoms with Crippen LogP contribution >= 0.6 is 23.2 Å². The van der Waals surface area contributed by atoms with Crippen LogP contribution in [0.1, 0.15) is 33.4 Å². The minimum Gasteiger partial charge on any atom is -0.475 e. The number of furan rings is 1. The molecule has 3 aromatic rings. The van der Waals surface area contributed by atoms with Crippen molar-refractivity contribution in [3.8, 4) is 6.07 Å². The molecule has 3 amide bonds. The van der Waals surface area contributed by atoms with Crippen LogP contribution in [0.4, 0.5) is 10.5 Å². The Morgan fingerprint density at radius 2 is 1.81 bits per heavy atom. The smallest absolute Gasteiger partial charge is 0.371 e. The van der Waals surface area contributed by atoms with Crippen LogP contribution in [0.2, 0.25) is 10.0 Å². The van der Waals surface area contributed by atoms with E-state index < -0.39 is 29.4 Å². The molecule has 0 radical (unpaired) electrons. The largest absolute Gasteiger partial charge is 0.475 e. The van der Waals surface area contributed by atoms with E-state index in [9.17, 15) is 24.8 Å². The number of amides is 3. The predicted molar refractivity (Wildman–Crippen MR) is 135 cm³/mol. The van der Waals surface area contributed by atoms with Gasteiger partial charge in [-0.2, -0.15) is 5.26 Å². The molecule has 188 valence electrons. The van der Waals surface area contributed by atoms with Crippen LogP contribution in [0, 0.1) is 11.3 Å². The third-order valence-electron chi connectivity index (χ3n) is 6.93. The molecular weight excluding hydrogens is 519 g/mol. The molecule has 2 atom stereocenters. The number of likely N-dealkylation sites (N-methyl/N-ethyl adjacent to an activating group) is 1. The number of nitriles is 1. The van der Waals surface area contributed by atoms with Crippen molar-refractivity contribution in [1.82, 2.24) is 9.80 Å². The third-order valence-corrected chi connectivity index (χ3v) is 7.37. The molecule has 2 aliphatic heterocycles. The number of hydrogen-bond acceptors (Lipinski definition) is 6. The molecule has 1 aromatic heterocycles. The molecule has 0 aliphatic carbocycles. The van der Waals surface area contributed by atoms with Gasteiger partial charge < -0.3 is 14.4 Å². The van der Waals surface area contributed by atoms with Gasteiger partial charge >= 0.3 is 12.0 Å². The monoisotopic (exact) mass is 538 g/mol. The van der Waals surface area contributed by atoms with Gasteiger partial charge in [0, 0.05) is 36.1 Å². The number of carboxylic acids is 1. The zero-order valence-corrected chi connectivity index (χ0v) is 21.0. The van der Waals surface area contributed by atoms with Crippen LogP contribution in [0.25, 0.3) is 0 Å². The molecule has 2 saturated heterocycles. The summed E-state index contributed by atoms with van der Waals surface area (Å²) >= 11 is 12.3. The normalized spacial score (nSPS) is 21.7. The summed E-state index contributed by atoms with van der Waals surface area (Å²) in [6, 6.07) is 16.0. The topological polar surface area (TPSA) is 118 Å². The molecule has 1 N–H and O–H groups in total. The fourth-order valence-corrected chi connectivity index (χ4v) is 5.73. The van der Waals surface area contributed by atoms with Gasteiger partial charge in [-0.1, -0.05) is 35.3 Å². The van der Waals surface area contributed by atoms with Crippen molar-refractivity contribution in [2.24, 2.45) is 0 Å². The summed E-state index contributed by atoms with van der Waals surface area (Å²) in [5.41, 5.74) is 0.251. The maximum Gasteiger partial charge on any atom is 0.371 e. The van der Waals surface area contributed by atoms with Gasteiger partial charge in [-0.05, 0) is 48.0 Å². The van der Waals surface area contributed by atoms with Gasteiger partial charge in [0.25, 0.3) is 5.91 Å². The summed E-state index contributed by atoms with van der Waals surface area (Å²) in [7, 11) is 1.59. The quantitative estimate of drug-likeness (QED) is 0.471. The van der Waals surface area contributed by atoms with Crippen molar-refractivity contribution in [3.63, 3.8) is 0 Å². The molecule has 9 nitrogen and oxygen atoms in total. The van der Waals surface area contributed by atoms with Crippen molar-refractivity contribution in [3.05, 3.63) is 87.3 Å². The van der Waals surface area contributed by atoms with E-state index >= 15 is 0 Å². The van der Waals surface area contributed by atoms with E-state index in [1.54, 1.807) is 37.4 Å². The van der Waals surface area contributed by atoms with Crippen LogP contribution in [0.3, 0.4) is 0 Å². The summed E-state index contributed by atoms with van der Waals surface area (Å²) in [4.78, 5) is 43.4. The predicted octanol–water partition coefficient (Wildman–Crippen LogP) is 4.59. The number of halogens is 2. The lowest BCUT2D eigenvalue weighted by Crippen LogP contribution is -2.53. The molecule has 0 bridgehead atoms. The summed E-state index contributed by atoms with van der Waals surface area (Å²) in [6.45, 7) is 0.787. The molecule has 2 fully saturated rings. The second-order valence-electron chi connectivity index (χ2n) is 9.06. The van der Waals surface area contributed by atoms with Crippen molar-refractivity contribution in [2.45, 2.75) is 18.0 Å². The minimum atomic E-state index is -1.28. The summed E-state index contributed by atoms with van der Waals surface area (Å²) in [6.07, 6.45) is 0. The average molecular weight is 539 g/mol. The first kappa shape index (κ1) is 24.8. The minimum absolute atomic E-state index is 0.173. The van der Waals surface area contributed by atoms with E-state index in [2.05, 4.69) is 6.07 Å². The van der Waals surface area contributed by atoms with Crippen molar-refractivity contribution < 1.29 is 23.9 Å². The van der Waals surface area contributed by atoms with Crippen LogP contribution in [0.5, 0.6) is 0 Å². The van der Waals surface area contributed by atoms with Crippen LogP contribution < -0.4 is 4.90 Å². The Hall–Kier alpha value is -3.84. The molecule has 2 aromatic carbocycles. The SMILES string of the molecule is CN1C(=O)N(c2cc(Cl)cc(Cl)c2)C(=O)[C@]12CN(Cc1ccc(C(=O)O)o1)C[C@@H]2c1ccc(C#N)cc1. The highest BCUT2D eigenvalue weighted by molar-refractivity contribution is 6.35. The molecule has 0 unspecified atom stereocenters.